The summed E-state index contributed by atoms with van der Waals surface area (Å²) >= 11 is 0. The largest absolute Gasteiger partial charge is 0.478 e. The third-order valence-electron chi connectivity index (χ3n) is 2.37. The zero-order chi connectivity index (χ0) is 11.7. The molecule has 0 aromatic heterocycles. The fourth-order valence-electron chi connectivity index (χ4n) is 1.68. The Morgan fingerprint density at radius 1 is 0.882 bits per heavy atom. The van der Waals surface area contributed by atoms with Crippen LogP contribution in [0, 0.1) is 0 Å². The molecule has 0 amide bonds. The molecule has 0 spiro atoms. The Bertz CT molecular complexity index is 592. The molecule has 0 saturated carbocycles. The second kappa shape index (κ2) is 5.31. The molecule has 0 heterocycles. The SMILES string of the molecule is O=C(O)c1ccc2ccccc2c1C(=O)O.[Na]. The summed E-state index contributed by atoms with van der Waals surface area (Å²) in [5.74, 6) is -2.46. The van der Waals surface area contributed by atoms with Crippen LogP contribution in [-0.2, 0) is 0 Å². The summed E-state index contributed by atoms with van der Waals surface area (Å²) in [5.41, 5.74) is -0.350. The molecule has 0 aliphatic rings. The second-order valence-electron chi connectivity index (χ2n) is 3.32. The van der Waals surface area contributed by atoms with E-state index < -0.39 is 11.9 Å². The van der Waals surface area contributed by atoms with Gasteiger partial charge in [0.2, 0.25) is 0 Å². The number of carboxylic acid groups (broad SMARTS) is 2. The van der Waals surface area contributed by atoms with E-state index in [-0.39, 0.29) is 40.7 Å². The molecule has 81 valence electrons. The second-order valence-corrected chi connectivity index (χ2v) is 3.32. The van der Waals surface area contributed by atoms with Crippen LogP contribution in [-0.4, -0.2) is 51.7 Å². The van der Waals surface area contributed by atoms with Crippen molar-refractivity contribution in [1.82, 2.24) is 0 Å². The fraction of sp³-hybridized carbons (Fsp3) is 0. The normalized spacial score (nSPS) is 9.65. The van der Waals surface area contributed by atoms with Gasteiger partial charge in [0, 0.05) is 29.6 Å². The average molecular weight is 239 g/mol. The zero-order valence-corrected chi connectivity index (χ0v) is 11.2. The van der Waals surface area contributed by atoms with Crippen LogP contribution in [0.4, 0.5) is 0 Å². The number of aromatic carboxylic acids is 2. The molecule has 1 radical (unpaired) electrons. The van der Waals surface area contributed by atoms with Crippen LogP contribution in [0.3, 0.4) is 0 Å². The third-order valence-corrected chi connectivity index (χ3v) is 2.37. The predicted molar refractivity (Wildman–Crippen MR) is 63.6 cm³/mol. The van der Waals surface area contributed by atoms with Crippen molar-refractivity contribution in [2.24, 2.45) is 0 Å². The molecule has 0 aliphatic carbocycles. The van der Waals surface area contributed by atoms with Gasteiger partial charge >= 0.3 is 11.9 Å². The molecule has 2 rings (SSSR count). The molecular formula is C12H8NaO4. The van der Waals surface area contributed by atoms with Crippen molar-refractivity contribution in [3.8, 4) is 0 Å². The van der Waals surface area contributed by atoms with E-state index in [2.05, 4.69) is 0 Å². The maximum absolute atomic E-state index is 11.1. The van der Waals surface area contributed by atoms with E-state index in [1.165, 1.54) is 6.07 Å². The average Bonchev–Trinajstić information content (AvgIpc) is 2.27. The molecular weight excluding hydrogens is 231 g/mol. The van der Waals surface area contributed by atoms with Gasteiger partial charge in [0.15, 0.2) is 0 Å². The molecule has 5 heteroatoms. The van der Waals surface area contributed by atoms with E-state index >= 15 is 0 Å². The fourth-order valence-corrected chi connectivity index (χ4v) is 1.68. The number of carbonyl (C=O) groups is 2. The minimum Gasteiger partial charge on any atom is -0.478 e. The van der Waals surface area contributed by atoms with Crippen LogP contribution in [0.25, 0.3) is 10.8 Å². The van der Waals surface area contributed by atoms with Gasteiger partial charge in [-0.3, -0.25) is 0 Å². The molecule has 0 saturated heterocycles. The summed E-state index contributed by atoms with van der Waals surface area (Å²) in [6.45, 7) is 0. The molecule has 0 unspecified atom stereocenters. The number of carboxylic acids is 2. The van der Waals surface area contributed by atoms with E-state index in [0.717, 1.165) is 0 Å². The first-order chi connectivity index (χ1) is 7.61. The summed E-state index contributed by atoms with van der Waals surface area (Å²) in [4.78, 5) is 22.0. The number of rotatable bonds is 2. The molecule has 0 aliphatic heterocycles. The number of fused-ring (bicyclic) bond motifs is 1. The van der Waals surface area contributed by atoms with Gasteiger partial charge in [-0.25, -0.2) is 9.59 Å². The Morgan fingerprint density at radius 2 is 1.53 bits per heavy atom. The topological polar surface area (TPSA) is 74.6 Å². The van der Waals surface area contributed by atoms with Crippen LogP contribution in [0.2, 0.25) is 0 Å². The Morgan fingerprint density at radius 3 is 2.12 bits per heavy atom. The number of hydrogen-bond acceptors (Lipinski definition) is 2. The van der Waals surface area contributed by atoms with Gasteiger partial charge in [-0.1, -0.05) is 30.3 Å². The van der Waals surface area contributed by atoms with Gasteiger partial charge in [-0.2, -0.15) is 0 Å². The van der Waals surface area contributed by atoms with E-state index in [1.54, 1.807) is 30.3 Å². The molecule has 2 aromatic rings. The van der Waals surface area contributed by atoms with E-state index in [4.69, 9.17) is 10.2 Å². The van der Waals surface area contributed by atoms with Crippen LogP contribution < -0.4 is 0 Å². The summed E-state index contributed by atoms with van der Waals surface area (Å²) < 4.78 is 0. The van der Waals surface area contributed by atoms with E-state index in [9.17, 15) is 9.59 Å². The van der Waals surface area contributed by atoms with E-state index in [0.29, 0.717) is 10.8 Å². The summed E-state index contributed by atoms with van der Waals surface area (Å²) in [5, 5.41) is 19.1. The van der Waals surface area contributed by atoms with Crippen molar-refractivity contribution >= 4 is 52.3 Å². The minimum absolute atomic E-state index is 0. The number of hydrogen-bond donors (Lipinski definition) is 2. The standard InChI is InChI=1S/C12H8O4.Na/c13-11(14)9-6-5-7-3-1-2-4-8(7)10(9)12(15)16;/h1-6H,(H,13,14)(H,15,16);. The molecule has 2 N–H and O–H groups in total. The van der Waals surface area contributed by atoms with Crippen molar-refractivity contribution in [3.05, 3.63) is 47.5 Å². The minimum atomic E-state index is -1.23. The molecule has 4 nitrogen and oxygen atoms in total. The first-order valence-corrected chi connectivity index (χ1v) is 4.59. The summed E-state index contributed by atoms with van der Waals surface area (Å²) in [6.07, 6.45) is 0. The first-order valence-electron chi connectivity index (χ1n) is 4.59. The smallest absolute Gasteiger partial charge is 0.337 e. The monoisotopic (exact) mass is 239 g/mol. The van der Waals surface area contributed by atoms with Crippen LogP contribution in [0.15, 0.2) is 36.4 Å². The molecule has 2 aromatic carbocycles. The van der Waals surface area contributed by atoms with Crippen LogP contribution >= 0.6 is 0 Å². The van der Waals surface area contributed by atoms with Crippen molar-refractivity contribution in [2.45, 2.75) is 0 Å². The van der Waals surface area contributed by atoms with Crippen LogP contribution in [0.1, 0.15) is 20.7 Å². The van der Waals surface area contributed by atoms with Gasteiger partial charge in [-0.15, -0.1) is 0 Å². The van der Waals surface area contributed by atoms with E-state index in [1.807, 2.05) is 0 Å². The van der Waals surface area contributed by atoms with Gasteiger partial charge in [0.05, 0.1) is 11.1 Å². The maximum atomic E-state index is 11.1. The van der Waals surface area contributed by atoms with Crippen molar-refractivity contribution in [1.29, 1.82) is 0 Å². The molecule has 0 fully saturated rings. The van der Waals surface area contributed by atoms with Crippen molar-refractivity contribution < 1.29 is 19.8 Å². The summed E-state index contributed by atoms with van der Waals surface area (Å²) in [6, 6.07) is 9.72. The quantitative estimate of drug-likeness (QED) is 0.784. The van der Waals surface area contributed by atoms with Gasteiger partial charge < -0.3 is 10.2 Å². The zero-order valence-electron chi connectivity index (χ0n) is 9.18. The Labute approximate surface area is 119 Å². The van der Waals surface area contributed by atoms with Gasteiger partial charge in [0.25, 0.3) is 0 Å². The molecule has 0 bridgehead atoms. The predicted octanol–water partition coefficient (Wildman–Crippen LogP) is 1.86. The maximum Gasteiger partial charge on any atom is 0.337 e. The van der Waals surface area contributed by atoms with Crippen molar-refractivity contribution in [2.75, 3.05) is 0 Å². The Kier molecular flexibility index (Phi) is 4.28. The van der Waals surface area contributed by atoms with Crippen molar-refractivity contribution in [3.63, 3.8) is 0 Å². The third kappa shape index (κ3) is 2.49. The van der Waals surface area contributed by atoms with Gasteiger partial charge in [-0.05, 0) is 16.8 Å². The van der Waals surface area contributed by atoms with Gasteiger partial charge in [0.1, 0.15) is 0 Å². The Balaban J connectivity index is 0.00000144. The molecule has 0 atom stereocenters. The Hall–Kier alpha value is -1.36. The number of benzene rings is 2. The first kappa shape index (κ1) is 13.7. The van der Waals surface area contributed by atoms with Crippen LogP contribution in [0.5, 0.6) is 0 Å². The molecule has 17 heavy (non-hydrogen) atoms. The summed E-state index contributed by atoms with van der Waals surface area (Å²) in [7, 11) is 0.